The van der Waals surface area contributed by atoms with Crippen LogP contribution in [0.2, 0.25) is 0 Å². The average Bonchev–Trinajstić information content (AvgIpc) is 3.15. The second kappa shape index (κ2) is 7.57. The van der Waals surface area contributed by atoms with Gasteiger partial charge in [-0.15, -0.1) is 0 Å². The van der Waals surface area contributed by atoms with E-state index in [-0.39, 0.29) is 17.2 Å². The molecule has 0 saturated heterocycles. The minimum atomic E-state index is -3.96. The molecule has 1 aromatic carbocycles. The van der Waals surface area contributed by atoms with Gasteiger partial charge in [-0.25, -0.2) is 22.6 Å². The van der Waals surface area contributed by atoms with E-state index >= 15 is 0 Å². The van der Waals surface area contributed by atoms with Crippen LogP contribution in [0.1, 0.15) is 38.4 Å². The van der Waals surface area contributed by atoms with Crippen molar-refractivity contribution in [2.75, 3.05) is 13.7 Å². The summed E-state index contributed by atoms with van der Waals surface area (Å²) < 4.78 is 35.1. The van der Waals surface area contributed by atoms with E-state index < -0.39 is 21.2 Å². The molecule has 11 heteroatoms. The molecule has 3 rings (SSSR count). The number of imidazole rings is 1. The van der Waals surface area contributed by atoms with Crippen molar-refractivity contribution in [1.82, 2.24) is 19.3 Å². The third kappa shape index (κ3) is 4.49. The molecule has 2 aromatic heterocycles. The van der Waals surface area contributed by atoms with Crippen molar-refractivity contribution in [2.45, 2.75) is 50.7 Å². The number of methoxy groups -OCH3 is 1. The van der Waals surface area contributed by atoms with Crippen LogP contribution in [0.25, 0.3) is 16.2 Å². The summed E-state index contributed by atoms with van der Waals surface area (Å²) in [5.74, 6) is 0.177. The summed E-state index contributed by atoms with van der Waals surface area (Å²) in [5, 5.41) is 25.1. The third-order valence-electron chi connectivity index (χ3n) is 4.32. The maximum Gasteiger partial charge on any atom is 0.244 e. The molecule has 0 fully saturated rings. The summed E-state index contributed by atoms with van der Waals surface area (Å²) in [7, 11) is -2.57. The number of benzene rings is 1. The lowest BCUT2D eigenvalue weighted by molar-refractivity contribution is 0.0772. The molecule has 0 unspecified atom stereocenters. The summed E-state index contributed by atoms with van der Waals surface area (Å²) in [6.07, 6.45) is 0. The Morgan fingerprint density at radius 1 is 1.23 bits per heavy atom. The van der Waals surface area contributed by atoms with E-state index in [0.717, 1.165) is 0 Å². The highest BCUT2D eigenvalue weighted by Gasteiger charge is 2.27. The molecular weight excluding hydrogens is 428 g/mol. The van der Waals surface area contributed by atoms with Crippen LogP contribution >= 0.6 is 11.3 Å². The van der Waals surface area contributed by atoms with Crippen LogP contribution in [0.5, 0.6) is 5.75 Å². The van der Waals surface area contributed by atoms with Crippen LogP contribution in [-0.2, 0) is 15.6 Å². The van der Waals surface area contributed by atoms with Crippen molar-refractivity contribution in [3.63, 3.8) is 0 Å². The summed E-state index contributed by atoms with van der Waals surface area (Å²) in [6, 6.07) is 4.79. The zero-order chi connectivity index (χ0) is 22.5. The normalized spacial score (nSPS) is 13.2. The molecule has 9 nitrogen and oxygen atoms in total. The van der Waals surface area contributed by atoms with Crippen LogP contribution < -0.4 is 9.46 Å². The Morgan fingerprint density at radius 2 is 1.90 bits per heavy atom. The highest BCUT2D eigenvalue weighted by Crippen LogP contribution is 2.34. The number of aryl methyl sites for hydroxylation is 1. The first-order chi connectivity index (χ1) is 13.7. The molecule has 0 aliphatic rings. The van der Waals surface area contributed by atoms with Gasteiger partial charge >= 0.3 is 0 Å². The van der Waals surface area contributed by atoms with Gasteiger partial charge in [0, 0.05) is 12.1 Å². The standard InChI is InChI=1S/C19H26N4O5S2/c1-11-15(23-17(21-11)29-16(22-23)19(4,5)25)12-7-8-13(28-6)14(9-12)30(26,27)20-10-18(2,3)24/h7-9,20,24-25H,10H2,1-6H3. The number of hydrogen-bond donors (Lipinski definition) is 3. The van der Waals surface area contributed by atoms with E-state index in [1.807, 2.05) is 6.92 Å². The molecule has 3 aromatic rings. The number of nitrogens with zero attached hydrogens (tertiary/aromatic N) is 3. The molecule has 0 aliphatic carbocycles. The lowest BCUT2D eigenvalue weighted by Crippen LogP contribution is -2.38. The largest absolute Gasteiger partial charge is 0.495 e. The SMILES string of the molecule is COc1ccc(-c2c(C)nc3sc(C(C)(C)O)nn23)cc1S(=O)(=O)NCC(C)(C)O. The van der Waals surface area contributed by atoms with Crippen molar-refractivity contribution in [3.8, 4) is 17.0 Å². The minimum Gasteiger partial charge on any atom is -0.495 e. The van der Waals surface area contributed by atoms with Gasteiger partial charge in [-0.05, 0) is 52.8 Å². The van der Waals surface area contributed by atoms with E-state index in [9.17, 15) is 18.6 Å². The molecule has 0 bridgehead atoms. The fraction of sp³-hybridized carbons (Fsp3) is 0.474. The molecule has 0 radical (unpaired) electrons. The number of hydrogen-bond acceptors (Lipinski definition) is 8. The highest BCUT2D eigenvalue weighted by atomic mass is 32.2. The van der Waals surface area contributed by atoms with Gasteiger partial charge in [-0.3, -0.25) is 0 Å². The number of aliphatic hydroxyl groups is 2. The van der Waals surface area contributed by atoms with Crippen molar-refractivity contribution >= 4 is 26.3 Å². The number of sulfonamides is 1. The van der Waals surface area contributed by atoms with E-state index in [1.165, 1.54) is 38.4 Å². The smallest absolute Gasteiger partial charge is 0.244 e. The molecule has 2 heterocycles. The number of aromatic nitrogens is 3. The summed E-state index contributed by atoms with van der Waals surface area (Å²) in [5.41, 5.74) is -0.448. The van der Waals surface area contributed by atoms with Crippen LogP contribution in [0, 0.1) is 6.92 Å². The van der Waals surface area contributed by atoms with E-state index in [2.05, 4.69) is 14.8 Å². The van der Waals surface area contributed by atoms with E-state index in [1.54, 1.807) is 30.5 Å². The van der Waals surface area contributed by atoms with E-state index in [0.29, 0.717) is 26.9 Å². The Kier molecular flexibility index (Phi) is 5.71. The Balaban J connectivity index is 2.14. The highest BCUT2D eigenvalue weighted by molar-refractivity contribution is 7.89. The molecule has 0 spiro atoms. The van der Waals surface area contributed by atoms with Gasteiger partial charge in [0.1, 0.15) is 21.3 Å². The Bertz CT molecular complexity index is 1180. The fourth-order valence-corrected chi connectivity index (χ4v) is 5.15. The van der Waals surface area contributed by atoms with Gasteiger partial charge < -0.3 is 14.9 Å². The first kappa shape index (κ1) is 22.6. The van der Waals surface area contributed by atoms with Gasteiger partial charge in [0.25, 0.3) is 0 Å². The molecular formula is C19H26N4O5S2. The molecule has 3 N–H and O–H groups in total. The topological polar surface area (TPSA) is 126 Å². The quantitative estimate of drug-likeness (QED) is 0.499. The van der Waals surface area contributed by atoms with Gasteiger partial charge in [-0.1, -0.05) is 11.3 Å². The Morgan fingerprint density at radius 3 is 2.47 bits per heavy atom. The average molecular weight is 455 g/mol. The summed E-state index contributed by atoms with van der Waals surface area (Å²) in [6.45, 7) is 7.97. The van der Waals surface area contributed by atoms with Crippen LogP contribution in [0.4, 0.5) is 0 Å². The number of nitrogens with one attached hydrogen (secondary N) is 1. The molecule has 0 amide bonds. The number of fused-ring (bicyclic) bond motifs is 1. The maximum absolute atomic E-state index is 12.9. The van der Waals surface area contributed by atoms with Crippen molar-refractivity contribution in [3.05, 3.63) is 28.9 Å². The van der Waals surface area contributed by atoms with Crippen LogP contribution in [0.15, 0.2) is 23.1 Å². The Hall–Kier alpha value is -2.05. The van der Waals surface area contributed by atoms with Gasteiger partial charge in [0.05, 0.1) is 24.1 Å². The third-order valence-corrected chi connectivity index (χ3v) is 6.97. The predicted octanol–water partition coefficient (Wildman–Crippen LogP) is 2.05. The first-order valence-corrected chi connectivity index (χ1v) is 11.5. The van der Waals surface area contributed by atoms with E-state index in [4.69, 9.17) is 4.74 Å². The monoisotopic (exact) mass is 454 g/mol. The molecule has 0 aliphatic heterocycles. The lowest BCUT2D eigenvalue weighted by Gasteiger charge is -2.19. The zero-order valence-corrected chi connectivity index (χ0v) is 19.3. The fourth-order valence-electron chi connectivity index (χ4n) is 2.81. The predicted molar refractivity (Wildman–Crippen MR) is 114 cm³/mol. The zero-order valence-electron chi connectivity index (χ0n) is 17.7. The maximum atomic E-state index is 12.9. The van der Waals surface area contributed by atoms with Crippen molar-refractivity contribution in [1.29, 1.82) is 0 Å². The second-order valence-corrected chi connectivity index (χ2v) is 10.9. The second-order valence-electron chi connectivity index (χ2n) is 8.21. The first-order valence-electron chi connectivity index (χ1n) is 9.22. The molecule has 30 heavy (non-hydrogen) atoms. The number of rotatable bonds is 7. The summed E-state index contributed by atoms with van der Waals surface area (Å²) in [4.78, 5) is 5.05. The van der Waals surface area contributed by atoms with Gasteiger partial charge in [0.2, 0.25) is 15.0 Å². The van der Waals surface area contributed by atoms with Gasteiger partial charge in [0.15, 0.2) is 0 Å². The van der Waals surface area contributed by atoms with Crippen LogP contribution in [-0.4, -0.2) is 52.5 Å². The van der Waals surface area contributed by atoms with Crippen LogP contribution in [0.3, 0.4) is 0 Å². The van der Waals surface area contributed by atoms with Crippen molar-refractivity contribution < 1.29 is 23.4 Å². The minimum absolute atomic E-state index is 0.0564. The van der Waals surface area contributed by atoms with Crippen molar-refractivity contribution in [2.24, 2.45) is 0 Å². The number of ether oxygens (including phenoxy) is 1. The lowest BCUT2D eigenvalue weighted by atomic mass is 10.1. The molecule has 0 saturated carbocycles. The van der Waals surface area contributed by atoms with Gasteiger partial charge in [-0.2, -0.15) is 5.10 Å². The molecule has 0 atom stereocenters. The Labute approximate surface area is 179 Å². The summed E-state index contributed by atoms with van der Waals surface area (Å²) >= 11 is 1.27. The molecule has 164 valence electrons.